The van der Waals surface area contributed by atoms with Crippen molar-refractivity contribution in [2.24, 2.45) is 15.9 Å². The molecule has 19 heavy (non-hydrogen) atoms. The maximum atomic E-state index is 10.9. The van der Waals surface area contributed by atoms with E-state index in [0.29, 0.717) is 24.5 Å². The second-order valence-electron chi connectivity index (χ2n) is 4.53. The molecule has 1 aliphatic rings. The van der Waals surface area contributed by atoms with Crippen molar-refractivity contribution in [1.82, 2.24) is 9.88 Å². The lowest BCUT2D eigenvalue weighted by molar-refractivity contribution is -0.118. The first-order chi connectivity index (χ1) is 9.15. The quantitative estimate of drug-likeness (QED) is 0.489. The molecular weight excluding hydrogens is 242 g/mol. The van der Waals surface area contributed by atoms with Crippen molar-refractivity contribution >= 4 is 23.7 Å². The van der Waals surface area contributed by atoms with Crippen molar-refractivity contribution < 1.29 is 4.79 Å². The van der Waals surface area contributed by atoms with E-state index < -0.39 is 0 Å². The molecule has 1 aromatic rings. The smallest absolute Gasteiger partial charge is 0.210 e. The highest BCUT2D eigenvalue weighted by Crippen LogP contribution is 2.16. The van der Waals surface area contributed by atoms with E-state index >= 15 is 0 Å². The molecule has 0 bridgehead atoms. The molecule has 1 saturated heterocycles. The average Bonchev–Trinajstić information content (AvgIpc) is 2.39. The zero-order valence-corrected chi connectivity index (χ0v) is 11.1. The lowest BCUT2D eigenvalue weighted by atomic mass is 9.99. The van der Waals surface area contributed by atoms with Gasteiger partial charge >= 0.3 is 0 Å². The van der Waals surface area contributed by atoms with Gasteiger partial charge < -0.3 is 10.7 Å². The van der Waals surface area contributed by atoms with Gasteiger partial charge in [0.15, 0.2) is 5.82 Å². The second kappa shape index (κ2) is 5.60. The van der Waals surface area contributed by atoms with Crippen LogP contribution >= 0.6 is 0 Å². The molecule has 6 heteroatoms. The molecule has 0 aromatic carbocycles. The Morgan fingerprint density at radius 3 is 3.00 bits per heavy atom. The number of hydrogen-bond donors (Lipinski definition) is 1. The molecule has 2 heterocycles. The maximum Gasteiger partial charge on any atom is 0.210 e. The van der Waals surface area contributed by atoms with Crippen molar-refractivity contribution in [3.63, 3.8) is 0 Å². The number of aryl methyl sites for hydroxylation is 1. The van der Waals surface area contributed by atoms with Gasteiger partial charge in [-0.05, 0) is 31.5 Å². The van der Waals surface area contributed by atoms with Gasteiger partial charge in [-0.1, -0.05) is 0 Å². The molecule has 6 nitrogen and oxygen atoms in total. The van der Waals surface area contributed by atoms with E-state index in [9.17, 15) is 4.79 Å². The topological polar surface area (TPSA) is 83.9 Å². The number of hydrogen-bond acceptors (Lipinski definition) is 5. The molecule has 1 aromatic heterocycles. The third-order valence-corrected chi connectivity index (χ3v) is 3.22. The number of hydrazone groups is 1. The van der Waals surface area contributed by atoms with Gasteiger partial charge in [0, 0.05) is 19.2 Å². The fourth-order valence-corrected chi connectivity index (χ4v) is 2.11. The summed E-state index contributed by atoms with van der Waals surface area (Å²) >= 11 is 0. The van der Waals surface area contributed by atoms with Gasteiger partial charge in [-0.2, -0.15) is 5.10 Å². The van der Waals surface area contributed by atoms with Crippen LogP contribution in [0.5, 0.6) is 0 Å². The van der Waals surface area contributed by atoms with E-state index in [1.165, 1.54) is 0 Å². The lowest BCUT2D eigenvalue weighted by Crippen LogP contribution is -2.48. The molecule has 0 saturated carbocycles. The lowest BCUT2D eigenvalue weighted by Gasteiger charge is -2.31. The number of nitrogens with two attached hydrogens (primary N) is 1. The van der Waals surface area contributed by atoms with Crippen LogP contribution in [0.15, 0.2) is 28.4 Å². The molecule has 1 aliphatic heterocycles. The van der Waals surface area contributed by atoms with E-state index in [1.54, 1.807) is 11.1 Å². The predicted molar refractivity (Wildman–Crippen MR) is 74.5 cm³/mol. The third kappa shape index (κ3) is 2.78. The summed E-state index contributed by atoms with van der Waals surface area (Å²) in [6.45, 7) is 4.49. The summed E-state index contributed by atoms with van der Waals surface area (Å²) in [5.74, 6) is 6.07. The van der Waals surface area contributed by atoms with Gasteiger partial charge in [0.25, 0.3) is 0 Å². The molecule has 0 aliphatic carbocycles. The summed E-state index contributed by atoms with van der Waals surface area (Å²) in [7, 11) is 0. The van der Waals surface area contributed by atoms with Crippen LogP contribution in [0.3, 0.4) is 0 Å². The number of rotatable bonds is 2. The highest BCUT2D eigenvalue weighted by molar-refractivity contribution is 6.45. The second-order valence-corrected chi connectivity index (χ2v) is 4.53. The van der Waals surface area contributed by atoms with Crippen LogP contribution in [0.2, 0.25) is 0 Å². The number of pyridine rings is 1. The first-order valence-electron chi connectivity index (χ1n) is 6.15. The minimum absolute atomic E-state index is 0.153. The van der Waals surface area contributed by atoms with E-state index in [4.69, 9.17) is 5.84 Å². The number of nitrogens with zero attached hydrogens (tertiary/aromatic N) is 4. The standard InChI is InChI=1S/C13H17N5O/c1-9-3-5-15-12(7-9)16-11-4-6-18(8-19)10(2)13(11)17-14/h3,5,7-8,10H,4,6,14H2,1-2H3. The number of aliphatic imine (C=N–C) groups is 1. The highest BCUT2D eigenvalue weighted by Gasteiger charge is 2.28. The third-order valence-electron chi connectivity index (χ3n) is 3.22. The van der Waals surface area contributed by atoms with Crippen LogP contribution in [0.25, 0.3) is 0 Å². The first kappa shape index (κ1) is 13.2. The van der Waals surface area contributed by atoms with E-state index in [1.807, 2.05) is 26.0 Å². The number of carbonyl (C=O) groups is 1. The minimum Gasteiger partial charge on any atom is -0.336 e. The number of piperidine rings is 1. The van der Waals surface area contributed by atoms with Crippen molar-refractivity contribution in [1.29, 1.82) is 0 Å². The maximum absolute atomic E-state index is 10.9. The van der Waals surface area contributed by atoms with Crippen molar-refractivity contribution in [2.45, 2.75) is 26.3 Å². The first-order valence-corrected chi connectivity index (χ1v) is 6.15. The highest BCUT2D eigenvalue weighted by atomic mass is 16.1. The fraction of sp³-hybridized carbons (Fsp3) is 0.385. The van der Waals surface area contributed by atoms with Crippen LogP contribution in [-0.2, 0) is 4.79 Å². The monoisotopic (exact) mass is 259 g/mol. The Hall–Kier alpha value is -2.24. The summed E-state index contributed by atoms with van der Waals surface area (Å²) in [4.78, 5) is 21.3. The molecule has 0 spiro atoms. The number of likely N-dealkylation sites (tertiary alicyclic amines) is 1. The summed E-state index contributed by atoms with van der Waals surface area (Å²) in [5, 5.41) is 3.78. The molecule has 1 unspecified atom stereocenters. The Labute approximate surface area is 112 Å². The van der Waals surface area contributed by atoms with E-state index in [0.717, 1.165) is 17.7 Å². The SMILES string of the molecule is Cc1ccnc(N=C2CCN(C=O)C(C)C2=NN)c1. The zero-order chi connectivity index (χ0) is 13.8. The molecule has 2 rings (SSSR count). The van der Waals surface area contributed by atoms with Crippen LogP contribution in [-0.4, -0.2) is 40.3 Å². The summed E-state index contributed by atoms with van der Waals surface area (Å²) in [5.41, 5.74) is 2.53. The Bertz CT molecular complexity index is 538. The van der Waals surface area contributed by atoms with Gasteiger partial charge in [0.1, 0.15) is 5.71 Å². The van der Waals surface area contributed by atoms with Gasteiger partial charge in [-0.15, -0.1) is 0 Å². The molecule has 1 amide bonds. The van der Waals surface area contributed by atoms with E-state index in [2.05, 4.69) is 15.1 Å². The Morgan fingerprint density at radius 2 is 2.37 bits per heavy atom. The van der Waals surface area contributed by atoms with Crippen molar-refractivity contribution in [3.05, 3.63) is 23.9 Å². The summed E-state index contributed by atoms with van der Waals surface area (Å²) < 4.78 is 0. The molecular formula is C13H17N5O. The molecule has 100 valence electrons. The van der Waals surface area contributed by atoms with Gasteiger partial charge in [0.05, 0.1) is 11.8 Å². The average molecular weight is 259 g/mol. The van der Waals surface area contributed by atoms with Crippen LogP contribution in [0.1, 0.15) is 18.9 Å². The Kier molecular flexibility index (Phi) is 3.89. The zero-order valence-electron chi connectivity index (χ0n) is 11.1. The molecule has 0 radical (unpaired) electrons. The van der Waals surface area contributed by atoms with Gasteiger partial charge in [0.2, 0.25) is 6.41 Å². The number of aromatic nitrogens is 1. The summed E-state index contributed by atoms with van der Waals surface area (Å²) in [6.07, 6.45) is 3.17. The fourth-order valence-electron chi connectivity index (χ4n) is 2.11. The van der Waals surface area contributed by atoms with Gasteiger partial charge in [-0.25, -0.2) is 9.98 Å². The van der Waals surface area contributed by atoms with E-state index in [-0.39, 0.29) is 6.04 Å². The van der Waals surface area contributed by atoms with Crippen LogP contribution in [0.4, 0.5) is 5.82 Å². The van der Waals surface area contributed by atoms with Crippen LogP contribution in [0, 0.1) is 6.92 Å². The molecule has 1 fully saturated rings. The van der Waals surface area contributed by atoms with Gasteiger partial charge in [-0.3, -0.25) is 4.79 Å². The largest absolute Gasteiger partial charge is 0.336 e. The summed E-state index contributed by atoms with van der Waals surface area (Å²) in [6, 6.07) is 3.66. The Morgan fingerprint density at radius 1 is 1.58 bits per heavy atom. The molecule has 1 atom stereocenters. The van der Waals surface area contributed by atoms with Crippen molar-refractivity contribution in [2.75, 3.05) is 6.54 Å². The van der Waals surface area contributed by atoms with Crippen LogP contribution < -0.4 is 5.84 Å². The normalized spacial score (nSPS) is 23.9. The van der Waals surface area contributed by atoms with Crippen molar-refractivity contribution in [3.8, 4) is 0 Å². The minimum atomic E-state index is -0.153. The number of carbonyl (C=O) groups excluding carboxylic acids is 1. The number of amides is 1. The Balaban J connectivity index is 2.32. The predicted octanol–water partition coefficient (Wildman–Crippen LogP) is 1.03. The molecule has 2 N–H and O–H groups in total.